The second-order valence-corrected chi connectivity index (χ2v) is 4.43. The smallest absolute Gasteiger partial charge is 0.0426 e. The van der Waals surface area contributed by atoms with Gasteiger partial charge in [-0.1, -0.05) is 29.8 Å². The maximum Gasteiger partial charge on any atom is 0.0426 e. The molecule has 0 saturated heterocycles. The summed E-state index contributed by atoms with van der Waals surface area (Å²) >= 11 is 0. The van der Waals surface area contributed by atoms with E-state index in [-0.39, 0.29) is 0 Å². The summed E-state index contributed by atoms with van der Waals surface area (Å²) < 4.78 is 0. The third-order valence-electron chi connectivity index (χ3n) is 2.87. The average Bonchev–Trinajstić information content (AvgIpc) is 2.33. The second-order valence-electron chi connectivity index (χ2n) is 4.43. The van der Waals surface area contributed by atoms with E-state index in [1.54, 1.807) is 0 Å². The maximum atomic E-state index is 5.67. The highest BCUT2D eigenvalue weighted by Crippen LogP contribution is 2.16. The summed E-state index contributed by atoms with van der Waals surface area (Å²) in [7, 11) is 2.10. The number of rotatable bonds is 3. The van der Waals surface area contributed by atoms with Gasteiger partial charge in [0.15, 0.2) is 0 Å². The van der Waals surface area contributed by atoms with Crippen molar-refractivity contribution in [3.63, 3.8) is 0 Å². The highest BCUT2D eigenvalue weighted by molar-refractivity contribution is 5.48. The minimum Gasteiger partial charge on any atom is -0.399 e. The standard InChI is InChI=1S/C15H18N2/c1-12-3-9-15(10-4-12)17(2)11-13-5-7-14(16)8-6-13/h3-10H,11,16H2,1-2H3. The lowest BCUT2D eigenvalue weighted by Crippen LogP contribution is -2.16. The molecule has 2 nitrogen and oxygen atoms in total. The predicted molar refractivity (Wildman–Crippen MR) is 74.1 cm³/mol. The lowest BCUT2D eigenvalue weighted by molar-refractivity contribution is 0.923. The highest BCUT2D eigenvalue weighted by Gasteiger charge is 2.01. The summed E-state index contributed by atoms with van der Waals surface area (Å²) in [6.45, 7) is 2.99. The van der Waals surface area contributed by atoms with Gasteiger partial charge in [0.1, 0.15) is 0 Å². The van der Waals surface area contributed by atoms with E-state index < -0.39 is 0 Å². The Morgan fingerprint density at radius 1 is 0.941 bits per heavy atom. The first kappa shape index (κ1) is 11.5. The van der Waals surface area contributed by atoms with Crippen LogP contribution in [0.15, 0.2) is 48.5 Å². The van der Waals surface area contributed by atoms with Crippen molar-refractivity contribution in [2.45, 2.75) is 13.5 Å². The number of hydrogen-bond acceptors (Lipinski definition) is 2. The van der Waals surface area contributed by atoms with Gasteiger partial charge in [0.25, 0.3) is 0 Å². The van der Waals surface area contributed by atoms with Gasteiger partial charge in [-0.3, -0.25) is 0 Å². The van der Waals surface area contributed by atoms with Crippen LogP contribution in [-0.4, -0.2) is 7.05 Å². The van der Waals surface area contributed by atoms with Gasteiger partial charge in [-0.25, -0.2) is 0 Å². The topological polar surface area (TPSA) is 29.3 Å². The molecular formula is C15H18N2. The lowest BCUT2D eigenvalue weighted by Gasteiger charge is -2.19. The molecule has 2 aromatic carbocycles. The summed E-state index contributed by atoms with van der Waals surface area (Å²) in [5.74, 6) is 0. The molecule has 2 aromatic rings. The van der Waals surface area contributed by atoms with Crippen LogP contribution in [0.3, 0.4) is 0 Å². The van der Waals surface area contributed by atoms with Crippen molar-refractivity contribution in [2.75, 3.05) is 17.7 Å². The molecule has 0 saturated carbocycles. The van der Waals surface area contributed by atoms with E-state index in [4.69, 9.17) is 5.73 Å². The fourth-order valence-corrected chi connectivity index (χ4v) is 1.79. The SMILES string of the molecule is Cc1ccc(N(C)Cc2ccc(N)cc2)cc1. The van der Waals surface area contributed by atoms with Crippen molar-refractivity contribution in [3.8, 4) is 0 Å². The lowest BCUT2D eigenvalue weighted by atomic mass is 10.1. The summed E-state index contributed by atoms with van der Waals surface area (Å²) in [5.41, 5.74) is 10.3. The van der Waals surface area contributed by atoms with Crippen LogP contribution in [0.2, 0.25) is 0 Å². The molecule has 2 rings (SSSR count). The molecule has 0 aliphatic rings. The van der Waals surface area contributed by atoms with Gasteiger partial charge in [0, 0.05) is 25.0 Å². The minimum atomic E-state index is 0.812. The maximum absolute atomic E-state index is 5.67. The van der Waals surface area contributed by atoms with Gasteiger partial charge >= 0.3 is 0 Å². The van der Waals surface area contributed by atoms with Gasteiger partial charge < -0.3 is 10.6 Å². The summed E-state index contributed by atoms with van der Waals surface area (Å²) in [6.07, 6.45) is 0. The van der Waals surface area contributed by atoms with Gasteiger partial charge in [-0.15, -0.1) is 0 Å². The van der Waals surface area contributed by atoms with E-state index in [9.17, 15) is 0 Å². The van der Waals surface area contributed by atoms with E-state index in [1.165, 1.54) is 16.8 Å². The second kappa shape index (κ2) is 4.91. The molecule has 0 unspecified atom stereocenters. The molecule has 0 fully saturated rings. The quantitative estimate of drug-likeness (QED) is 0.814. The molecule has 0 amide bonds. The van der Waals surface area contributed by atoms with Crippen LogP contribution >= 0.6 is 0 Å². The third-order valence-corrected chi connectivity index (χ3v) is 2.87. The van der Waals surface area contributed by atoms with Crippen molar-refractivity contribution < 1.29 is 0 Å². The summed E-state index contributed by atoms with van der Waals surface area (Å²) in [5, 5.41) is 0. The van der Waals surface area contributed by atoms with Crippen LogP contribution < -0.4 is 10.6 Å². The molecule has 17 heavy (non-hydrogen) atoms. The number of nitrogens with two attached hydrogens (primary N) is 1. The van der Waals surface area contributed by atoms with Gasteiger partial charge in [-0.05, 0) is 36.8 Å². The molecule has 0 spiro atoms. The van der Waals surface area contributed by atoms with E-state index in [0.29, 0.717) is 0 Å². The molecule has 0 aliphatic carbocycles. The van der Waals surface area contributed by atoms with Gasteiger partial charge in [0.2, 0.25) is 0 Å². The van der Waals surface area contributed by atoms with Gasteiger partial charge in [-0.2, -0.15) is 0 Å². The predicted octanol–water partition coefficient (Wildman–Crippen LogP) is 3.21. The van der Waals surface area contributed by atoms with Crippen molar-refractivity contribution >= 4 is 11.4 Å². The number of nitrogens with zero attached hydrogens (tertiary/aromatic N) is 1. The van der Waals surface area contributed by atoms with Crippen LogP contribution in [0, 0.1) is 6.92 Å². The molecule has 0 atom stereocenters. The molecule has 0 aliphatic heterocycles. The summed E-state index contributed by atoms with van der Waals surface area (Å²) in [6, 6.07) is 16.6. The van der Waals surface area contributed by atoms with Gasteiger partial charge in [0.05, 0.1) is 0 Å². The molecule has 88 valence electrons. The monoisotopic (exact) mass is 226 g/mol. The van der Waals surface area contributed by atoms with Crippen LogP contribution in [0.4, 0.5) is 11.4 Å². The first-order chi connectivity index (χ1) is 8.15. The van der Waals surface area contributed by atoms with Crippen LogP contribution in [-0.2, 0) is 6.54 Å². The number of hydrogen-bond donors (Lipinski definition) is 1. The Labute approximate surface area is 103 Å². The number of aryl methyl sites for hydroxylation is 1. The van der Waals surface area contributed by atoms with Crippen molar-refractivity contribution in [1.29, 1.82) is 0 Å². The molecule has 0 radical (unpaired) electrons. The van der Waals surface area contributed by atoms with Crippen molar-refractivity contribution in [1.82, 2.24) is 0 Å². The molecule has 0 bridgehead atoms. The first-order valence-corrected chi connectivity index (χ1v) is 5.77. The third kappa shape index (κ3) is 3.00. The van der Waals surface area contributed by atoms with E-state index in [2.05, 4.69) is 55.3 Å². The Balaban J connectivity index is 2.08. The Bertz CT molecular complexity index is 471. The van der Waals surface area contributed by atoms with Crippen LogP contribution in [0.1, 0.15) is 11.1 Å². The van der Waals surface area contributed by atoms with E-state index >= 15 is 0 Å². The zero-order valence-electron chi connectivity index (χ0n) is 10.4. The molecule has 2 N–H and O–H groups in total. The number of benzene rings is 2. The first-order valence-electron chi connectivity index (χ1n) is 5.77. The Hall–Kier alpha value is -1.96. The molecule has 2 heteroatoms. The zero-order chi connectivity index (χ0) is 12.3. The summed E-state index contributed by atoms with van der Waals surface area (Å²) in [4.78, 5) is 2.23. The number of anilines is 2. The normalized spacial score (nSPS) is 10.2. The Kier molecular flexibility index (Phi) is 3.33. The van der Waals surface area contributed by atoms with Crippen LogP contribution in [0.25, 0.3) is 0 Å². The number of nitrogen functional groups attached to an aromatic ring is 1. The fraction of sp³-hybridized carbons (Fsp3) is 0.200. The highest BCUT2D eigenvalue weighted by atomic mass is 15.1. The van der Waals surface area contributed by atoms with Crippen molar-refractivity contribution in [2.24, 2.45) is 0 Å². The van der Waals surface area contributed by atoms with Crippen LogP contribution in [0.5, 0.6) is 0 Å². The molecule has 0 heterocycles. The minimum absolute atomic E-state index is 0.812. The molecular weight excluding hydrogens is 208 g/mol. The van der Waals surface area contributed by atoms with E-state index in [0.717, 1.165) is 12.2 Å². The van der Waals surface area contributed by atoms with E-state index in [1.807, 2.05) is 12.1 Å². The zero-order valence-corrected chi connectivity index (χ0v) is 10.4. The largest absolute Gasteiger partial charge is 0.399 e. The molecule has 0 aromatic heterocycles. The fourth-order valence-electron chi connectivity index (χ4n) is 1.79. The Morgan fingerprint density at radius 3 is 2.12 bits per heavy atom. The Morgan fingerprint density at radius 2 is 1.53 bits per heavy atom. The average molecular weight is 226 g/mol. The van der Waals surface area contributed by atoms with Crippen molar-refractivity contribution in [3.05, 3.63) is 59.7 Å².